The van der Waals surface area contributed by atoms with E-state index in [9.17, 15) is 0 Å². The van der Waals surface area contributed by atoms with Crippen molar-refractivity contribution in [1.82, 2.24) is 20.4 Å². The molecule has 1 aromatic rings. The summed E-state index contributed by atoms with van der Waals surface area (Å²) in [4.78, 5) is 9.15. The maximum Gasteiger partial charge on any atom is 0.191 e. The SMILES string of the molecule is CN=C(NCc1ccc(CN2CCCCC2)cc1)NCC(C)(C)CN(C)C. The van der Waals surface area contributed by atoms with Crippen LogP contribution in [0.4, 0.5) is 0 Å². The Morgan fingerprint density at radius 1 is 1.04 bits per heavy atom. The van der Waals surface area contributed by atoms with Crippen molar-refractivity contribution in [1.29, 1.82) is 0 Å². The van der Waals surface area contributed by atoms with Gasteiger partial charge in [0.1, 0.15) is 0 Å². The van der Waals surface area contributed by atoms with Crippen LogP contribution in [0, 0.1) is 5.41 Å². The topological polar surface area (TPSA) is 42.9 Å². The van der Waals surface area contributed by atoms with E-state index < -0.39 is 0 Å². The molecule has 0 saturated carbocycles. The number of likely N-dealkylation sites (tertiary alicyclic amines) is 1. The number of hydrogen-bond donors (Lipinski definition) is 2. The second-order valence-electron chi connectivity index (χ2n) is 8.83. The molecule has 0 spiro atoms. The molecule has 5 heteroatoms. The summed E-state index contributed by atoms with van der Waals surface area (Å²) in [5.74, 6) is 0.860. The molecule has 1 saturated heterocycles. The van der Waals surface area contributed by atoms with Gasteiger partial charge in [0.05, 0.1) is 0 Å². The molecule has 2 rings (SSSR count). The van der Waals surface area contributed by atoms with E-state index in [0.717, 1.165) is 32.1 Å². The summed E-state index contributed by atoms with van der Waals surface area (Å²) in [5.41, 5.74) is 2.89. The molecule has 0 bridgehead atoms. The van der Waals surface area contributed by atoms with Crippen molar-refractivity contribution in [2.45, 2.75) is 46.2 Å². The quantitative estimate of drug-likeness (QED) is 0.543. The van der Waals surface area contributed by atoms with Crippen LogP contribution in [0.15, 0.2) is 29.3 Å². The minimum absolute atomic E-state index is 0.192. The lowest BCUT2D eigenvalue weighted by molar-refractivity contribution is 0.221. The molecule has 0 aliphatic carbocycles. The minimum Gasteiger partial charge on any atom is -0.356 e. The molecule has 152 valence electrons. The zero-order valence-corrected chi connectivity index (χ0v) is 18.0. The van der Waals surface area contributed by atoms with E-state index in [1.807, 2.05) is 7.05 Å². The zero-order chi connectivity index (χ0) is 19.7. The Morgan fingerprint density at radius 2 is 1.67 bits per heavy atom. The fourth-order valence-corrected chi connectivity index (χ4v) is 3.78. The number of nitrogens with zero attached hydrogens (tertiary/aromatic N) is 3. The number of benzene rings is 1. The first-order chi connectivity index (χ1) is 12.9. The summed E-state index contributed by atoms with van der Waals surface area (Å²) >= 11 is 0. The minimum atomic E-state index is 0.192. The first-order valence-corrected chi connectivity index (χ1v) is 10.3. The van der Waals surface area contributed by atoms with E-state index in [1.54, 1.807) is 0 Å². The van der Waals surface area contributed by atoms with Crippen LogP contribution in [0.5, 0.6) is 0 Å². The number of hydrogen-bond acceptors (Lipinski definition) is 3. The number of aliphatic imine (C=N–C) groups is 1. The van der Waals surface area contributed by atoms with Gasteiger partial charge in [-0.05, 0) is 56.6 Å². The lowest BCUT2D eigenvalue weighted by Crippen LogP contribution is -2.44. The van der Waals surface area contributed by atoms with Crippen molar-refractivity contribution in [2.24, 2.45) is 10.4 Å². The highest BCUT2D eigenvalue weighted by molar-refractivity contribution is 5.79. The second kappa shape index (κ2) is 10.7. The summed E-state index contributed by atoms with van der Waals surface area (Å²) < 4.78 is 0. The number of guanidine groups is 1. The predicted molar refractivity (Wildman–Crippen MR) is 116 cm³/mol. The van der Waals surface area contributed by atoms with Gasteiger partial charge in [0.25, 0.3) is 0 Å². The van der Waals surface area contributed by atoms with Crippen molar-refractivity contribution < 1.29 is 0 Å². The Bertz CT molecular complexity index is 571. The summed E-state index contributed by atoms with van der Waals surface area (Å²) in [6.45, 7) is 10.8. The Balaban J connectivity index is 1.77. The predicted octanol–water partition coefficient (Wildman–Crippen LogP) is 2.93. The fourth-order valence-electron chi connectivity index (χ4n) is 3.78. The van der Waals surface area contributed by atoms with E-state index >= 15 is 0 Å². The summed E-state index contributed by atoms with van der Waals surface area (Å²) in [7, 11) is 6.06. The Morgan fingerprint density at radius 3 is 2.26 bits per heavy atom. The highest BCUT2D eigenvalue weighted by Crippen LogP contribution is 2.15. The van der Waals surface area contributed by atoms with Crippen LogP contribution >= 0.6 is 0 Å². The molecule has 0 radical (unpaired) electrons. The van der Waals surface area contributed by atoms with Gasteiger partial charge < -0.3 is 15.5 Å². The van der Waals surface area contributed by atoms with Gasteiger partial charge in [-0.25, -0.2) is 0 Å². The Labute approximate surface area is 166 Å². The van der Waals surface area contributed by atoms with Crippen molar-refractivity contribution >= 4 is 5.96 Å². The number of piperidine rings is 1. The van der Waals surface area contributed by atoms with Crippen LogP contribution in [0.1, 0.15) is 44.2 Å². The molecule has 1 fully saturated rings. The van der Waals surface area contributed by atoms with Crippen LogP contribution in [0.3, 0.4) is 0 Å². The molecule has 1 aliphatic heterocycles. The van der Waals surface area contributed by atoms with Crippen molar-refractivity contribution in [2.75, 3.05) is 47.3 Å². The van der Waals surface area contributed by atoms with Gasteiger partial charge in [0.15, 0.2) is 5.96 Å². The summed E-state index contributed by atoms with van der Waals surface area (Å²) in [6.07, 6.45) is 4.09. The van der Waals surface area contributed by atoms with Gasteiger partial charge in [-0.3, -0.25) is 9.89 Å². The Kier molecular flexibility index (Phi) is 8.58. The monoisotopic (exact) mass is 373 g/mol. The third kappa shape index (κ3) is 8.31. The molecule has 0 aromatic heterocycles. The number of nitrogens with one attached hydrogen (secondary N) is 2. The zero-order valence-electron chi connectivity index (χ0n) is 18.0. The molecule has 0 atom stereocenters. The average molecular weight is 374 g/mol. The van der Waals surface area contributed by atoms with Gasteiger partial charge in [0.2, 0.25) is 0 Å². The molecule has 2 N–H and O–H groups in total. The van der Waals surface area contributed by atoms with Crippen molar-refractivity contribution in [3.05, 3.63) is 35.4 Å². The number of rotatable bonds is 8. The van der Waals surface area contributed by atoms with Gasteiger partial charge in [0, 0.05) is 33.2 Å². The average Bonchev–Trinajstić information content (AvgIpc) is 2.63. The third-order valence-electron chi connectivity index (χ3n) is 5.04. The van der Waals surface area contributed by atoms with Crippen LogP contribution in [-0.4, -0.2) is 63.1 Å². The fraction of sp³-hybridized carbons (Fsp3) is 0.682. The van der Waals surface area contributed by atoms with Crippen LogP contribution in [0.25, 0.3) is 0 Å². The van der Waals surface area contributed by atoms with E-state index in [4.69, 9.17) is 0 Å². The molecular weight excluding hydrogens is 334 g/mol. The molecule has 1 aromatic carbocycles. The van der Waals surface area contributed by atoms with Crippen LogP contribution in [-0.2, 0) is 13.1 Å². The highest BCUT2D eigenvalue weighted by atomic mass is 15.2. The van der Waals surface area contributed by atoms with E-state index in [1.165, 1.54) is 43.5 Å². The lowest BCUT2D eigenvalue weighted by Gasteiger charge is -2.29. The summed E-state index contributed by atoms with van der Waals surface area (Å²) in [5, 5.41) is 6.88. The Hall–Kier alpha value is -1.59. The van der Waals surface area contributed by atoms with Gasteiger partial charge >= 0.3 is 0 Å². The maximum absolute atomic E-state index is 4.35. The largest absolute Gasteiger partial charge is 0.356 e. The molecule has 0 amide bonds. The molecule has 5 nitrogen and oxygen atoms in total. The standard InChI is InChI=1S/C22H39N5/c1-22(2,18-26(4)5)17-25-21(23-3)24-15-19-9-11-20(12-10-19)16-27-13-7-6-8-14-27/h9-12H,6-8,13-18H2,1-5H3,(H2,23,24,25). The maximum atomic E-state index is 4.35. The smallest absolute Gasteiger partial charge is 0.191 e. The van der Waals surface area contributed by atoms with Crippen molar-refractivity contribution in [3.63, 3.8) is 0 Å². The highest BCUT2D eigenvalue weighted by Gasteiger charge is 2.19. The lowest BCUT2D eigenvalue weighted by atomic mass is 9.93. The normalized spacial score (nSPS) is 16.6. The summed E-state index contributed by atoms with van der Waals surface area (Å²) in [6, 6.07) is 9.00. The van der Waals surface area contributed by atoms with Crippen LogP contribution in [0.2, 0.25) is 0 Å². The molecular formula is C22H39N5. The van der Waals surface area contributed by atoms with E-state index in [2.05, 4.69) is 77.6 Å². The van der Waals surface area contributed by atoms with Crippen molar-refractivity contribution in [3.8, 4) is 0 Å². The first-order valence-electron chi connectivity index (χ1n) is 10.3. The van der Waals surface area contributed by atoms with Gasteiger partial charge in [-0.2, -0.15) is 0 Å². The van der Waals surface area contributed by atoms with E-state index in [-0.39, 0.29) is 5.41 Å². The molecule has 27 heavy (non-hydrogen) atoms. The molecule has 1 heterocycles. The van der Waals surface area contributed by atoms with Gasteiger partial charge in [-0.1, -0.05) is 44.5 Å². The second-order valence-corrected chi connectivity index (χ2v) is 8.83. The van der Waals surface area contributed by atoms with E-state index in [0.29, 0.717) is 0 Å². The molecule has 1 aliphatic rings. The van der Waals surface area contributed by atoms with Gasteiger partial charge in [-0.15, -0.1) is 0 Å². The van der Waals surface area contributed by atoms with Crippen LogP contribution < -0.4 is 10.6 Å². The third-order valence-corrected chi connectivity index (χ3v) is 5.04. The first kappa shape index (κ1) is 21.7. The molecule has 0 unspecified atom stereocenters.